The van der Waals surface area contributed by atoms with Gasteiger partial charge in [0.15, 0.2) is 0 Å². The molecule has 2 aromatic rings. The standard InChI is InChI=1S/C14H12BrFN2O3/c1-8-13(18-12(15)6-17-8)21-7-9-5-10(16)3-4-11(9)14(19)20-2/h3-6H,7H2,1-2H3. The minimum absolute atomic E-state index is 0.0197. The van der Waals surface area contributed by atoms with E-state index in [0.29, 0.717) is 21.7 Å². The molecule has 0 bridgehead atoms. The van der Waals surface area contributed by atoms with Crippen LogP contribution in [0.2, 0.25) is 0 Å². The number of hydrogen-bond donors (Lipinski definition) is 0. The summed E-state index contributed by atoms with van der Waals surface area (Å²) in [6, 6.07) is 3.78. The van der Waals surface area contributed by atoms with E-state index < -0.39 is 11.8 Å². The Morgan fingerprint density at radius 2 is 2.19 bits per heavy atom. The van der Waals surface area contributed by atoms with E-state index in [4.69, 9.17) is 4.74 Å². The first-order valence-electron chi connectivity index (χ1n) is 6.00. The molecular formula is C14H12BrFN2O3. The highest BCUT2D eigenvalue weighted by molar-refractivity contribution is 9.10. The first-order valence-corrected chi connectivity index (χ1v) is 6.79. The summed E-state index contributed by atoms with van der Waals surface area (Å²) in [7, 11) is 1.26. The summed E-state index contributed by atoms with van der Waals surface area (Å²) in [6.07, 6.45) is 1.55. The van der Waals surface area contributed by atoms with E-state index in [1.54, 1.807) is 13.1 Å². The van der Waals surface area contributed by atoms with E-state index in [1.807, 2.05) is 0 Å². The molecule has 0 aliphatic heterocycles. The summed E-state index contributed by atoms with van der Waals surface area (Å²) in [4.78, 5) is 19.9. The van der Waals surface area contributed by atoms with Crippen LogP contribution in [0.5, 0.6) is 5.88 Å². The van der Waals surface area contributed by atoms with Gasteiger partial charge in [0, 0.05) is 5.56 Å². The molecule has 0 aliphatic carbocycles. The molecular weight excluding hydrogens is 343 g/mol. The fraction of sp³-hybridized carbons (Fsp3) is 0.214. The van der Waals surface area contributed by atoms with Crippen LogP contribution in [0.15, 0.2) is 29.0 Å². The van der Waals surface area contributed by atoms with Crippen molar-refractivity contribution < 1.29 is 18.7 Å². The molecule has 0 radical (unpaired) electrons. The molecule has 0 saturated carbocycles. The van der Waals surface area contributed by atoms with Crippen molar-refractivity contribution in [3.63, 3.8) is 0 Å². The van der Waals surface area contributed by atoms with Gasteiger partial charge in [0.25, 0.3) is 0 Å². The van der Waals surface area contributed by atoms with Gasteiger partial charge in [0.2, 0.25) is 5.88 Å². The lowest BCUT2D eigenvalue weighted by Crippen LogP contribution is -2.09. The van der Waals surface area contributed by atoms with Crippen LogP contribution in [0.25, 0.3) is 0 Å². The minimum atomic E-state index is -0.550. The number of carbonyl (C=O) groups excluding carboxylic acids is 1. The first-order chi connectivity index (χ1) is 10.0. The lowest BCUT2D eigenvalue weighted by atomic mass is 10.1. The maximum atomic E-state index is 13.3. The zero-order chi connectivity index (χ0) is 15.4. The molecule has 1 aromatic carbocycles. The van der Waals surface area contributed by atoms with Crippen molar-refractivity contribution in [1.29, 1.82) is 0 Å². The third-order valence-electron chi connectivity index (χ3n) is 2.72. The smallest absolute Gasteiger partial charge is 0.338 e. The normalized spacial score (nSPS) is 10.3. The monoisotopic (exact) mass is 354 g/mol. The van der Waals surface area contributed by atoms with E-state index in [-0.39, 0.29) is 12.2 Å². The number of carbonyl (C=O) groups is 1. The molecule has 0 fully saturated rings. The summed E-state index contributed by atoms with van der Waals surface area (Å²) in [5.41, 5.74) is 1.22. The Kier molecular flexibility index (Phi) is 4.85. The van der Waals surface area contributed by atoms with E-state index in [2.05, 4.69) is 30.6 Å². The molecule has 21 heavy (non-hydrogen) atoms. The summed E-state index contributed by atoms with van der Waals surface area (Å²) >= 11 is 3.20. The lowest BCUT2D eigenvalue weighted by Gasteiger charge is -2.10. The third kappa shape index (κ3) is 3.75. The Morgan fingerprint density at radius 3 is 2.90 bits per heavy atom. The molecule has 0 saturated heterocycles. The Labute approximate surface area is 129 Å². The van der Waals surface area contributed by atoms with Gasteiger partial charge in [-0.1, -0.05) is 0 Å². The molecule has 1 aromatic heterocycles. The Hall–Kier alpha value is -2.02. The number of hydrogen-bond acceptors (Lipinski definition) is 5. The lowest BCUT2D eigenvalue weighted by molar-refractivity contribution is 0.0597. The molecule has 5 nitrogen and oxygen atoms in total. The molecule has 0 amide bonds. The maximum absolute atomic E-state index is 13.3. The predicted octanol–water partition coefficient (Wildman–Crippen LogP) is 3.05. The number of nitrogens with zero attached hydrogens (tertiary/aromatic N) is 2. The number of aromatic nitrogens is 2. The highest BCUT2D eigenvalue weighted by Gasteiger charge is 2.14. The molecule has 0 unspecified atom stereocenters. The molecule has 0 atom stereocenters. The molecule has 7 heteroatoms. The van der Waals surface area contributed by atoms with Gasteiger partial charge in [-0.25, -0.2) is 14.2 Å². The number of esters is 1. The van der Waals surface area contributed by atoms with Crippen molar-refractivity contribution in [2.24, 2.45) is 0 Å². The molecule has 0 aliphatic rings. The number of aryl methyl sites for hydroxylation is 1. The zero-order valence-corrected chi connectivity index (χ0v) is 13.0. The van der Waals surface area contributed by atoms with Crippen LogP contribution in [0.3, 0.4) is 0 Å². The van der Waals surface area contributed by atoms with Gasteiger partial charge in [0.1, 0.15) is 17.0 Å². The Morgan fingerprint density at radius 1 is 1.43 bits per heavy atom. The van der Waals surface area contributed by atoms with Gasteiger partial charge in [0.05, 0.1) is 24.6 Å². The van der Waals surface area contributed by atoms with Crippen LogP contribution in [0, 0.1) is 12.7 Å². The average molecular weight is 355 g/mol. The number of methoxy groups -OCH3 is 1. The highest BCUT2D eigenvalue weighted by Crippen LogP contribution is 2.19. The first kappa shape index (κ1) is 15.4. The Balaban J connectivity index is 2.25. The van der Waals surface area contributed by atoms with Crippen molar-refractivity contribution in [2.75, 3.05) is 7.11 Å². The van der Waals surface area contributed by atoms with Crippen LogP contribution in [0.4, 0.5) is 4.39 Å². The van der Waals surface area contributed by atoms with Crippen molar-refractivity contribution in [2.45, 2.75) is 13.5 Å². The molecule has 1 heterocycles. The fourth-order valence-corrected chi connectivity index (χ4v) is 1.95. The number of benzene rings is 1. The largest absolute Gasteiger partial charge is 0.471 e. The quantitative estimate of drug-likeness (QED) is 0.789. The zero-order valence-electron chi connectivity index (χ0n) is 11.4. The molecule has 110 valence electrons. The van der Waals surface area contributed by atoms with E-state index in [0.717, 1.165) is 0 Å². The number of rotatable bonds is 4. The third-order valence-corrected chi connectivity index (χ3v) is 3.10. The predicted molar refractivity (Wildman–Crippen MR) is 76.5 cm³/mol. The van der Waals surface area contributed by atoms with Gasteiger partial charge < -0.3 is 9.47 Å². The van der Waals surface area contributed by atoms with Crippen molar-refractivity contribution in [1.82, 2.24) is 9.97 Å². The van der Waals surface area contributed by atoms with Crippen LogP contribution < -0.4 is 4.74 Å². The van der Waals surface area contributed by atoms with Crippen molar-refractivity contribution in [3.8, 4) is 5.88 Å². The molecule has 0 N–H and O–H groups in total. The SMILES string of the molecule is COC(=O)c1ccc(F)cc1COc1nc(Br)cnc1C. The van der Waals surface area contributed by atoms with Gasteiger partial charge in [-0.05, 0) is 41.1 Å². The molecule has 2 rings (SSSR count). The van der Waals surface area contributed by atoms with Gasteiger partial charge >= 0.3 is 5.97 Å². The second kappa shape index (κ2) is 6.62. The van der Waals surface area contributed by atoms with E-state index in [1.165, 1.54) is 25.3 Å². The number of ether oxygens (including phenoxy) is 2. The maximum Gasteiger partial charge on any atom is 0.338 e. The number of halogens is 2. The van der Waals surface area contributed by atoms with E-state index >= 15 is 0 Å². The van der Waals surface area contributed by atoms with Crippen LogP contribution in [0.1, 0.15) is 21.6 Å². The summed E-state index contributed by atoms with van der Waals surface area (Å²) in [5.74, 6) is -0.701. The highest BCUT2D eigenvalue weighted by atomic mass is 79.9. The summed E-state index contributed by atoms with van der Waals surface area (Å²) in [6.45, 7) is 1.72. The second-order valence-corrected chi connectivity index (χ2v) is 4.98. The van der Waals surface area contributed by atoms with Crippen LogP contribution >= 0.6 is 15.9 Å². The van der Waals surface area contributed by atoms with Crippen molar-refractivity contribution in [3.05, 3.63) is 51.6 Å². The van der Waals surface area contributed by atoms with Crippen molar-refractivity contribution >= 4 is 21.9 Å². The van der Waals surface area contributed by atoms with Gasteiger partial charge in [-0.3, -0.25) is 4.98 Å². The van der Waals surface area contributed by atoms with Crippen LogP contribution in [-0.2, 0) is 11.3 Å². The minimum Gasteiger partial charge on any atom is -0.471 e. The average Bonchev–Trinajstić information content (AvgIpc) is 2.47. The summed E-state index contributed by atoms with van der Waals surface area (Å²) in [5, 5.41) is 0. The Bertz CT molecular complexity index is 679. The van der Waals surface area contributed by atoms with Crippen LogP contribution in [-0.4, -0.2) is 23.0 Å². The second-order valence-electron chi connectivity index (χ2n) is 4.17. The fourth-order valence-electron chi connectivity index (χ4n) is 1.69. The molecule has 0 spiro atoms. The topological polar surface area (TPSA) is 61.3 Å². The van der Waals surface area contributed by atoms with Gasteiger partial charge in [-0.15, -0.1) is 0 Å². The van der Waals surface area contributed by atoms with E-state index in [9.17, 15) is 9.18 Å². The van der Waals surface area contributed by atoms with Gasteiger partial charge in [-0.2, -0.15) is 0 Å². The summed E-state index contributed by atoms with van der Waals surface area (Å²) < 4.78 is 24.0.